The number of terminal acetylenes is 1. The molecule has 0 bridgehead atoms. The average molecular weight is 223 g/mol. The van der Waals surface area contributed by atoms with Crippen LogP contribution in [0.2, 0.25) is 0 Å². The molecule has 0 aromatic rings. The van der Waals surface area contributed by atoms with Gasteiger partial charge in [-0.2, -0.15) is 0 Å². The van der Waals surface area contributed by atoms with Gasteiger partial charge in [0.05, 0.1) is 13.2 Å². The van der Waals surface area contributed by atoms with Crippen molar-refractivity contribution in [1.82, 2.24) is 5.32 Å². The fraction of sp³-hybridized carbons (Fsp3) is 0.846. The number of ether oxygens (including phenoxy) is 2. The molecule has 2 aliphatic rings. The second-order valence-electron chi connectivity index (χ2n) is 4.64. The SMILES string of the molecule is C#CCCCNC1CCC2(CC1)OCCO2. The van der Waals surface area contributed by atoms with Gasteiger partial charge in [-0.25, -0.2) is 0 Å². The minimum Gasteiger partial charge on any atom is -0.348 e. The van der Waals surface area contributed by atoms with E-state index in [1.165, 1.54) is 0 Å². The molecule has 16 heavy (non-hydrogen) atoms. The lowest BCUT2D eigenvalue weighted by Gasteiger charge is -2.35. The van der Waals surface area contributed by atoms with Crippen LogP contribution in [0.5, 0.6) is 0 Å². The molecular weight excluding hydrogens is 202 g/mol. The number of nitrogens with one attached hydrogen (secondary N) is 1. The third-order valence-electron chi connectivity index (χ3n) is 3.49. The summed E-state index contributed by atoms with van der Waals surface area (Å²) < 4.78 is 11.4. The summed E-state index contributed by atoms with van der Waals surface area (Å²) in [4.78, 5) is 0. The van der Waals surface area contributed by atoms with Crippen LogP contribution in [0.15, 0.2) is 0 Å². The van der Waals surface area contributed by atoms with Crippen molar-refractivity contribution < 1.29 is 9.47 Å². The number of rotatable bonds is 4. The molecule has 1 saturated heterocycles. The molecule has 90 valence electrons. The van der Waals surface area contributed by atoms with Gasteiger partial charge < -0.3 is 14.8 Å². The summed E-state index contributed by atoms with van der Waals surface area (Å²) in [6, 6.07) is 0.621. The molecule has 3 heteroatoms. The number of hydrogen-bond acceptors (Lipinski definition) is 3. The monoisotopic (exact) mass is 223 g/mol. The van der Waals surface area contributed by atoms with Crippen molar-refractivity contribution in [1.29, 1.82) is 0 Å². The molecule has 1 saturated carbocycles. The Bertz CT molecular complexity index is 243. The summed E-state index contributed by atoms with van der Waals surface area (Å²) in [5, 5.41) is 3.56. The van der Waals surface area contributed by atoms with Gasteiger partial charge in [0, 0.05) is 25.3 Å². The van der Waals surface area contributed by atoms with Gasteiger partial charge in [-0.15, -0.1) is 12.3 Å². The molecule has 1 aliphatic carbocycles. The second kappa shape index (κ2) is 5.67. The van der Waals surface area contributed by atoms with Crippen molar-refractivity contribution in [2.45, 2.75) is 50.4 Å². The van der Waals surface area contributed by atoms with E-state index < -0.39 is 0 Å². The summed E-state index contributed by atoms with van der Waals surface area (Å²) in [6.07, 6.45) is 11.5. The zero-order chi connectivity index (χ0) is 11.3. The standard InChI is InChI=1S/C13H21NO2/c1-2-3-4-9-14-12-5-7-13(8-6-12)15-10-11-16-13/h1,12,14H,3-11H2. The zero-order valence-corrected chi connectivity index (χ0v) is 9.84. The highest BCUT2D eigenvalue weighted by atomic mass is 16.7. The molecule has 2 rings (SSSR count). The fourth-order valence-electron chi connectivity index (χ4n) is 2.54. The Balaban J connectivity index is 1.63. The van der Waals surface area contributed by atoms with Crippen LogP contribution in [0.25, 0.3) is 0 Å². The summed E-state index contributed by atoms with van der Waals surface area (Å²) in [5.41, 5.74) is 0. The van der Waals surface area contributed by atoms with Gasteiger partial charge in [0.1, 0.15) is 0 Å². The summed E-state index contributed by atoms with van der Waals surface area (Å²) in [5.74, 6) is 2.44. The lowest BCUT2D eigenvalue weighted by atomic mass is 9.90. The van der Waals surface area contributed by atoms with Crippen molar-refractivity contribution in [3.63, 3.8) is 0 Å². The van der Waals surface area contributed by atoms with Crippen LogP contribution in [0.4, 0.5) is 0 Å². The molecule has 0 atom stereocenters. The quantitative estimate of drug-likeness (QED) is 0.581. The van der Waals surface area contributed by atoms with Crippen LogP contribution in [0.3, 0.4) is 0 Å². The molecule has 0 aromatic heterocycles. The van der Waals surface area contributed by atoms with E-state index in [2.05, 4.69) is 11.2 Å². The molecule has 0 aromatic carbocycles. The van der Waals surface area contributed by atoms with Crippen LogP contribution < -0.4 is 5.32 Å². The molecule has 2 fully saturated rings. The summed E-state index contributed by atoms with van der Waals surface area (Å²) >= 11 is 0. The van der Waals surface area contributed by atoms with Crippen molar-refractivity contribution in [3.8, 4) is 12.3 Å². The van der Waals surface area contributed by atoms with E-state index in [0.29, 0.717) is 6.04 Å². The molecule has 1 spiro atoms. The molecular formula is C13H21NO2. The van der Waals surface area contributed by atoms with Gasteiger partial charge in [-0.05, 0) is 25.8 Å². The Labute approximate surface area is 97.9 Å². The van der Waals surface area contributed by atoms with E-state index in [4.69, 9.17) is 15.9 Å². The summed E-state index contributed by atoms with van der Waals surface area (Å²) in [6.45, 7) is 2.56. The fourth-order valence-corrected chi connectivity index (χ4v) is 2.54. The van der Waals surface area contributed by atoms with Gasteiger partial charge in [-0.1, -0.05) is 0 Å². The zero-order valence-electron chi connectivity index (χ0n) is 9.84. The van der Waals surface area contributed by atoms with E-state index in [9.17, 15) is 0 Å². The van der Waals surface area contributed by atoms with Crippen molar-refractivity contribution >= 4 is 0 Å². The van der Waals surface area contributed by atoms with E-state index in [1.54, 1.807) is 0 Å². The lowest BCUT2D eigenvalue weighted by Crippen LogP contribution is -2.42. The molecule has 1 aliphatic heterocycles. The lowest BCUT2D eigenvalue weighted by molar-refractivity contribution is -0.179. The largest absolute Gasteiger partial charge is 0.348 e. The average Bonchev–Trinajstić information content (AvgIpc) is 2.76. The van der Waals surface area contributed by atoms with E-state index >= 15 is 0 Å². The van der Waals surface area contributed by atoms with Crippen molar-refractivity contribution in [2.75, 3.05) is 19.8 Å². The highest BCUT2D eigenvalue weighted by Gasteiger charge is 2.39. The maximum absolute atomic E-state index is 5.70. The second-order valence-corrected chi connectivity index (χ2v) is 4.64. The molecule has 0 unspecified atom stereocenters. The highest BCUT2D eigenvalue weighted by Crippen LogP contribution is 2.35. The first-order valence-corrected chi connectivity index (χ1v) is 6.29. The Morgan fingerprint density at radius 1 is 1.25 bits per heavy atom. The predicted octanol–water partition coefficient (Wildman–Crippen LogP) is 1.68. The topological polar surface area (TPSA) is 30.5 Å². The molecule has 1 N–H and O–H groups in total. The summed E-state index contributed by atoms with van der Waals surface area (Å²) in [7, 11) is 0. The van der Waals surface area contributed by atoms with Crippen molar-refractivity contribution in [3.05, 3.63) is 0 Å². The molecule has 0 radical (unpaired) electrons. The smallest absolute Gasteiger partial charge is 0.168 e. The molecule has 0 amide bonds. The van der Waals surface area contributed by atoms with Gasteiger partial charge in [-0.3, -0.25) is 0 Å². The molecule has 1 heterocycles. The van der Waals surface area contributed by atoms with E-state index in [1.807, 2.05) is 0 Å². The maximum Gasteiger partial charge on any atom is 0.168 e. The van der Waals surface area contributed by atoms with E-state index in [-0.39, 0.29) is 5.79 Å². The van der Waals surface area contributed by atoms with Gasteiger partial charge in [0.15, 0.2) is 5.79 Å². The maximum atomic E-state index is 5.70. The first kappa shape index (κ1) is 11.9. The predicted molar refractivity (Wildman–Crippen MR) is 63.0 cm³/mol. The first-order valence-electron chi connectivity index (χ1n) is 6.29. The Hall–Kier alpha value is -0.560. The van der Waals surface area contributed by atoms with Gasteiger partial charge in [0.25, 0.3) is 0 Å². The number of unbranched alkanes of at least 4 members (excludes halogenated alkanes) is 1. The van der Waals surface area contributed by atoms with Crippen LogP contribution in [0, 0.1) is 12.3 Å². The van der Waals surface area contributed by atoms with Gasteiger partial charge in [0.2, 0.25) is 0 Å². The van der Waals surface area contributed by atoms with Crippen molar-refractivity contribution in [2.24, 2.45) is 0 Å². The van der Waals surface area contributed by atoms with Crippen LogP contribution in [-0.2, 0) is 9.47 Å². The van der Waals surface area contributed by atoms with E-state index in [0.717, 1.165) is 58.3 Å². The third-order valence-corrected chi connectivity index (χ3v) is 3.49. The van der Waals surface area contributed by atoms with Crippen LogP contribution >= 0.6 is 0 Å². The Morgan fingerprint density at radius 2 is 1.94 bits per heavy atom. The third kappa shape index (κ3) is 2.98. The minimum atomic E-state index is -0.225. The highest BCUT2D eigenvalue weighted by molar-refractivity contribution is 4.86. The Kier molecular flexibility index (Phi) is 4.22. The Morgan fingerprint density at radius 3 is 2.56 bits per heavy atom. The number of hydrogen-bond donors (Lipinski definition) is 1. The minimum absolute atomic E-state index is 0.225. The normalized spacial score (nSPS) is 24.7. The van der Waals surface area contributed by atoms with Crippen LogP contribution in [0.1, 0.15) is 38.5 Å². The van der Waals surface area contributed by atoms with Crippen LogP contribution in [-0.4, -0.2) is 31.6 Å². The first-order chi connectivity index (χ1) is 7.85. The van der Waals surface area contributed by atoms with Gasteiger partial charge >= 0.3 is 0 Å². The molecule has 3 nitrogen and oxygen atoms in total.